The van der Waals surface area contributed by atoms with Crippen LogP contribution in [0.3, 0.4) is 0 Å². The van der Waals surface area contributed by atoms with E-state index in [1.165, 1.54) is 4.88 Å². The number of hydrogen-bond donors (Lipinski definition) is 1. The Bertz CT molecular complexity index is 621. The van der Waals surface area contributed by atoms with E-state index in [-0.39, 0.29) is 0 Å². The summed E-state index contributed by atoms with van der Waals surface area (Å²) in [7, 11) is 0. The Labute approximate surface area is 121 Å². The molecule has 2 aromatic heterocycles. The number of hydrogen-bond acceptors (Lipinski definition) is 4. The minimum absolute atomic E-state index is 0.310. The summed E-state index contributed by atoms with van der Waals surface area (Å²) in [4.78, 5) is 19.2. The molecule has 0 radical (unpaired) electrons. The number of aromatic carboxylic acids is 1. The molecule has 0 aliphatic heterocycles. The lowest BCUT2D eigenvalue weighted by atomic mass is 10.2. The van der Waals surface area contributed by atoms with Gasteiger partial charge in [0.05, 0.1) is 12.1 Å². The highest BCUT2D eigenvalue weighted by Gasteiger charge is 2.30. The van der Waals surface area contributed by atoms with E-state index < -0.39 is 5.97 Å². The van der Waals surface area contributed by atoms with Gasteiger partial charge in [-0.3, -0.25) is 0 Å². The number of pyridine rings is 1. The van der Waals surface area contributed by atoms with Crippen LogP contribution in [0.4, 0.5) is 5.82 Å². The predicted octanol–water partition coefficient (Wildman–Crippen LogP) is 3.32. The quantitative estimate of drug-likeness (QED) is 0.917. The number of carbonyl (C=O) groups is 1. The smallest absolute Gasteiger partial charge is 0.335 e. The van der Waals surface area contributed by atoms with Crippen LogP contribution in [-0.4, -0.2) is 22.1 Å². The molecule has 0 amide bonds. The Balaban J connectivity index is 1.93. The molecule has 5 heteroatoms. The number of rotatable bonds is 5. The van der Waals surface area contributed by atoms with Crippen LogP contribution in [-0.2, 0) is 6.54 Å². The highest BCUT2D eigenvalue weighted by atomic mass is 32.1. The summed E-state index contributed by atoms with van der Waals surface area (Å²) in [6, 6.07) is 7.93. The monoisotopic (exact) mass is 288 g/mol. The zero-order chi connectivity index (χ0) is 14.1. The zero-order valence-electron chi connectivity index (χ0n) is 11.2. The van der Waals surface area contributed by atoms with Crippen molar-refractivity contribution in [2.75, 3.05) is 4.90 Å². The normalized spacial score (nSPS) is 14.2. The van der Waals surface area contributed by atoms with Crippen molar-refractivity contribution in [2.45, 2.75) is 32.4 Å². The molecule has 1 fully saturated rings. The average Bonchev–Trinajstić information content (AvgIpc) is 3.12. The van der Waals surface area contributed by atoms with Gasteiger partial charge in [-0.2, -0.15) is 0 Å². The van der Waals surface area contributed by atoms with Crippen molar-refractivity contribution in [3.63, 3.8) is 0 Å². The van der Waals surface area contributed by atoms with Gasteiger partial charge in [-0.05, 0) is 43.3 Å². The Morgan fingerprint density at radius 2 is 2.30 bits per heavy atom. The maximum Gasteiger partial charge on any atom is 0.335 e. The number of anilines is 1. The largest absolute Gasteiger partial charge is 0.478 e. The van der Waals surface area contributed by atoms with Gasteiger partial charge >= 0.3 is 5.97 Å². The molecule has 1 N–H and O–H groups in total. The first-order valence-corrected chi connectivity index (χ1v) is 7.52. The lowest BCUT2D eigenvalue weighted by molar-refractivity contribution is 0.0696. The van der Waals surface area contributed by atoms with Gasteiger partial charge in [0.2, 0.25) is 0 Å². The van der Waals surface area contributed by atoms with Crippen molar-refractivity contribution in [3.8, 4) is 0 Å². The van der Waals surface area contributed by atoms with Crippen molar-refractivity contribution in [2.24, 2.45) is 0 Å². The molecule has 1 aliphatic carbocycles. The Morgan fingerprint density at radius 3 is 2.90 bits per heavy atom. The Kier molecular flexibility index (Phi) is 3.44. The molecule has 0 spiro atoms. The van der Waals surface area contributed by atoms with Gasteiger partial charge in [0.15, 0.2) is 0 Å². The highest BCUT2D eigenvalue weighted by Crippen LogP contribution is 2.33. The van der Waals surface area contributed by atoms with E-state index in [0.717, 1.165) is 30.9 Å². The van der Waals surface area contributed by atoms with Crippen LogP contribution in [0.15, 0.2) is 29.6 Å². The molecule has 20 heavy (non-hydrogen) atoms. The topological polar surface area (TPSA) is 53.4 Å². The summed E-state index contributed by atoms with van der Waals surface area (Å²) in [6.45, 7) is 2.64. The van der Waals surface area contributed by atoms with E-state index >= 15 is 0 Å². The van der Waals surface area contributed by atoms with E-state index in [0.29, 0.717) is 11.6 Å². The maximum atomic E-state index is 11.2. The Hall–Kier alpha value is -1.88. The number of thiophene rings is 1. The fraction of sp³-hybridized carbons (Fsp3) is 0.333. The highest BCUT2D eigenvalue weighted by molar-refractivity contribution is 7.09. The average molecular weight is 288 g/mol. The molecule has 0 aromatic carbocycles. The summed E-state index contributed by atoms with van der Waals surface area (Å²) in [6.07, 6.45) is 2.31. The fourth-order valence-electron chi connectivity index (χ4n) is 2.28. The van der Waals surface area contributed by atoms with E-state index in [1.807, 2.05) is 13.0 Å². The number of carboxylic acids is 1. The third-order valence-electron chi connectivity index (χ3n) is 3.38. The van der Waals surface area contributed by atoms with Crippen LogP contribution in [0.5, 0.6) is 0 Å². The molecule has 0 bridgehead atoms. The number of aryl methyl sites for hydroxylation is 1. The van der Waals surface area contributed by atoms with Crippen LogP contribution in [0.25, 0.3) is 0 Å². The molecule has 0 saturated heterocycles. The molecule has 0 atom stereocenters. The number of nitrogens with zero attached hydrogens (tertiary/aromatic N) is 2. The molecule has 3 rings (SSSR count). The van der Waals surface area contributed by atoms with Gasteiger partial charge in [-0.1, -0.05) is 6.07 Å². The number of carboxylic acid groups (broad SMARTS) is 1. The minimum Gasteiger partial charge on any atom is -0.478 e. The maximum absolute atomic E-state index is 11.2. The van der Waals surface area contributed by atoms with Gasteiger partial charge in [0, 0.05) is 16.6 Å². The molecule has 4 nitrogen and oxygen atoms in total. The molecule has 1 aliphatic rings. The molecule has 104 valence electrons. The summed E-state index contributed by atoms with van der Waals surface area (Å²) in [5.41, 5.74) is 1.06. The van der Waals surface area contributed by atoms with Crippen molar-refractivity contribution in [1.82, 2.24) is 4.98 Å². The van der Waals surface area contributed by atoms with Crippen molar-refractivity contribution < 1.29 is 9.90 Å². The second kappa shape index (κ2) is 5.25. The van der Waals surface area contributed by atoms with Crippen LogP contribution >= 0.6 is 11.3 Å². The zero-order valence-corrected chi connectivity index (χ0v) is 12.1. The summed E-state index contributed by atoms with van der Waals surface area (Å²) >= 11 is 1.72. The van der Waals surface area contributed by atoms with Gasteiger partial charge in [0.1, 0.15) is 5.82 Å². The number of aromatic nitrogens is 1. The van der Waals surface area contributed by atoms with Gasteiger partial charge < -0.3 is 10.0 Å². The van der Waals surface area contributed by atoms with E-state index in [1.54, 1.807) is 23.5 Å². The summed E-state index contributed by atoms with van der Waals surface area (Å²) in [5, 5.41) is 11.2. The first kappa shape index (κ1) is 13.1. The van der Waals surface area contributed by atoms with Crippen LogP contribution < -0.4 is 4.90 Å². The predicted molar refractivity (Wildman–Crippen MR) is 79.5 cm³/mol. The van der Waals surface area contributed by atoms with Gasteiger partial charge in [-0.15, -0.1) is 11.3 Å². The van der Waals surface area contributed by atoms with E-state index in [2.05, 4.69) is 21.3 Å². The molecular weight excluding hydrogens is 272 g/mol. The molecule has 2 aromatic rings. The third-order valence-corrected chi connectivity index (χ3v) is 4.24. The van der Waals surface area contributed by atoms with E-state index in [4.69, 9.17) is 0 Å². The standard InChI is InChI=1S/C15H16N2O2S/c1-10-7-11(15(18)19)8-14(16-10)17(12-4-5-12)9-13-3-2-6-20-13/h2-3,6-8,12H,4-5,9H2,1H3,(H,18,19). The van der Waals surface area contributed by atoms with Gasteiger partial charge in [0.25, 0.3) is 0 Å². The van der Waals surface area contributed by atoms with Crippen LogP contribution in [0.2, 0.25) is 0 Å². The lowest BCUT2D eigenvalue weighted by Gasteiger charge is -2.23. The van der Waals surface area contributed by atoms with Crippen molar-refractivity contribution in [3.05, 3.63) is 45.8 Å². The van der Waals surface area contributed by atoms with Crippen molar-refractivity contribution >= 4 is 23.1 Å². The molecule has 1 saturated carbocycles. The third kappa shape index (κ3) is 2.82. The molecule has 2 heterocycles. The van der Waals surface area contributed by atoms with E-state index in [9.17, 15) is 9.90 Å². The first-order chi connectivity index (χ1) is 9.63. The minimum atomic E-state index is -0.899. The first-order valence-electron chi connectivity index (χ1n) is 6.64. The lowest BCUT2D eigenvalue weighted by Crippen LogP contribution is -2.26. The second-order valence-corrected chi connectivity index (χ2v) is 6.13. The van der Waals surface area contributed by atoms with Crippen LogP contribution in [0, 0.1) is 6.92 Å². The molecular formula is C15H16N2O2S. The van der Waals surface area contributed by atoms with Crippen LogP contribution in [0.1, 0.15) is 33.8 Å². The fourth-order valence-corrected chi connectivity index (χ4v) is 2.98. The summed E-state index contributed by atoms with van der Waals surface area (Å²) in [5.74, 6) is -0.123. The summed E-state index contributed by atoms with van der Waals surface area (Å²) < 4.78 is 0. The van der Waals surface area contributed by atoms with Gasteiger partial charge in [-0.25, -0.2) is 9.78 Å². The second-order valence-electron chi connectivity index (χ2n) is 5.10. The SMILES string of the molecule is Cc1cc(C(=O)O)cc(N(Cc2cccs2)C2CC2)n1. The Morgan fingerprint density at radius 1 is 1.50 bits per heavy atom. The molecule has 0 unspecified atom stereocenters. The van der Waals surface area contributed by atoms with Crippen molar-refractivity contribution in [1.29, 1.82) is 0 Å².